The van der Waals surface area contributed by atoms with Crippen molar-refractivity contribution in [3.63, 3.8) is 0 Å². The minimum absolute atomic E-state index is 0.705. The summed E-state index contributed by atoms with van der Waals surface area (Å²) in [4.78, 5) is 0. The van der Waals surface area contributed by atoms with Crippen LogP contribution in [0.25, 0.3) is 0 Å². The van der Waals surface area contributed by atoms with Crippen molar-refractivity contribution in [3.8, 4) is 0 Å². The summed E-state index contributed by atoms with van der Waals surface area (Å²) in [5.74, 6) is 0.724. The maximum atomic E-state index is 11.1. The van der Waals surface area contributed by atoms with Gasteiger partial charge >= 0.3 is 0 Å². The van der Waals surface area contributed by atoms with Gasteiger partial charge in [0, 0.05) is 12.8 Å². The molecule has 1 fully saturated rings. The molecule has 2 aromatic carbocycles. The molecule has 1 N–H and O–H groups in total. The van der Waals surface area contributed by atoms with Gasteiger partial charge in [-0.1, -0.05) is 55.0 Å². The lowest BCUT2D eigenvalue weighted by atomic mass is 9.78. The molecule has 20 heavy (non-hydrogen) atoms. The van der Waals surface area contributed by atoms with Gasteiger partial charge in [-0.3, -0.25) is 0 Å². The third-order valence-electron chi connectivity index (χ3n) is 5.08. The second-order valence-electron chi connectivity index (χ2n) is 6.41. The number of hydrogen-bond donors (Lipinski definition) is 1. The van der Waals surface area contributed by atoms with E-state index in [0.717, 1.165) is 24.3 Å². The Hall–Kier alpha value is -1.60. The number of benzene rings is 2. The highest BCUT2D eigenvalue weighted by molar-refractivity contribution is 5.41. The lowest BCUT2D eigenvalue weighted by Gasteiger charge is -2.29. The highest BCUT2D eigenvalue weighted by Crippen LogP contribution is 2.41. The van der Waals surface area contributed by atoms with Gasteiger partial charge in [-0.05, 0) is 41.0 Å². The number of hydrogen-bond acceptors (Lipinski definition) is 1. The fraction of sp³-hybridized carbons (Fsp3) is 0.368. The van der Waals surface area contributed by atoms with Crippen molar-refractivity contribution < 1.29 is 5.11 Å². The Bertz CT molecular complexity index is 615. The van der Waals surface area contributed by atoms with Crippen LogP contribution in [-0.4, -0.2) is 5.11 Å². The van der Waals surface area contributed by atoms with Crippen molar-refractivity contribution in [2.45, 2.75) is 43.6 Å². The number of fused-ring (bicyclic) bond motifs is 1. The molecule has 0 saturated heterocycles. The minimum Gasteiger partial charge on any atom is -0.384 e. The molecule has 1 saturated carbocycles. The first-order valence-corrected chi connectivity index (χ1v) is 7.64. The number of rotatable bonds is 2. The zero-order valence-electron chi connectivity index (χ0n) is 11.7. The van der Waals surface area contributed by atoms with Gasteiger partial charge in [-0.2, -0.15) is 0 Å². The van der Waals surface area contributed by atoms with Gasteiger partial charge in [-0.25, -0.2) is 0 Å². The monoisotopic (exact) mass is 264 g/mol. The molecule has 2 aliphatic rings. The summed E-state index contributed by atoms with van der Waals surface area (Å²) in [7, 11) is 0. The van der Waals surface area contributed by atoms with Gasteiger partial charge in [0.25, 0.3) is 0 Å². The van der Waals surface area contributed by atoms with E-state index in [4.69, 9.17) is 0 Å². The maximum absolute atomic E-state index is 11.1. The van der Waals surface area contributed by atoms with E-state index in [1.54, 1.807) is 0 Å². The Balaban J connectivity index is 1.68. The van der Waals surface area contributed by atoms with Gasteiger partial charge < -0.3 is 5.11 Å². The summed E-state index contributed by atoms with van der Waals surface area (Å²) in [6, 6.07) is 17.1. The van der Waals surface area contributed by atoms with E-state index >= 15 is 0 Å². The molecule has 102 valence electrons. The zero-order chi connectivity index (χ0) is 13.6. The maximum Gasteiger partial charge on any atom is 0.0977 e. The van der Waals surface area contributed by atoms with Gasteiger partial charge in [0.05, 0.1) is 5.60 Å². The van der Waals surface area contributed by atoms with Crippen LogP contribution in [0.2, 0.25) is 0 Å². The van der Waals surface area contributed by atoms with Crippen molar-refractivity contribution >= 4 is 0 Å². The third-order valence-corrected chi connectivity index (χ3v) is 5.08. The van der Waals surface area contributed by atoms with E-state index in [9.17, 15) is 5.11 Å². The van der Waals surface area contributed by atoms with Crippen molar-refractivity contribution in [2.24, 2.45) is 0 Å². The summed E-state index contributed by atoms with van der Waals surface area (Å²) >= 11 is 0. The Morgan fingerprint density at radius 3 is 2.20 bits per heavy atom. The SMILES string of the molecule is OC1(c2cccc(C3CCC3)c2)Cc2ccccc2C1. The molecule has 1 nitrogen and oxygen atoms in total. The summed E-state index contributed by atoms with van der Waals surface area (Å²) in [5, 5.41) is 11.1. The Morgan fingerprint density at radius 1 is 0.900 bits per heavy atom. The summed E-state index contributed by atoms with van der Waals surface area (Å²) in [6.45, 7) is 0. The smallest absolute Gasteiger partial charge is 0.0977 e. The molecule has 0 atom stereocenters. The lowest BCUT2D eigenvalue weighted by molar-refractivity contribution is 0.0481. The van der Waals surface area contributed by atoms with Gasteiger partial charge in [0.2, 0.25) is 0 Å². The fourth-order valence-electron chi connectivity index (χ4n) is 3.62. The molecule has 1 heteroatoms. The van der Waals surface area contributed by atoms with Crippen LogP contribution in [0, 0.1) is 0 Å². The van der Waals surface area contributed by atoms with Crippen LogP contribution >= 0.6 is 0 Å². The van der Waals surface area contributed by atoms with Crippen LogP contribution in [0.15, 0.2) is 48.5 Å². The quantitative estimate of drug-likeness (QED) is 0.871. The second-order valence-corrected chi connectivity index (χ2v) is 6.41. The second kappa shape index (κ2) is 4.46. The molecule has 0 spiro atoms. The number of aliphatic hydroxyl groups is 1. The van der Waals surface area contributed by atoms with Crippen LogP contribution in [0.3, 0.4) is 0 Å². The van der Waals surface area contributed by atoms with Crippen LogP contribution in [0.4, 0.5) is 0 Å². The molecule has 2 aliphatic carbocycles. The summed E-state index contributed by atoms with van der Waals surface area (Å²) in [6.07, 6.45) is 5.46. The molecule has 0 aromatic heterocycles. The lowest BCUT2D eigenvalue weighted by Crippen LogP contribution is -2.26. The highest BCUT2D eigenvalue weighted by atomic mass is 16.3. The molecule has 2 aromatic rings. The van der Waals surface area contributed by atoms with E-state index in [0.29, 0.717) is 0 Å². The van der Waals surface area contributed by atoms with Crippen molar-refractivity contribution in [1.29, 1.82) is 0 Å². The highest BCUT2D eigenvalue weighted by Gasteiger charge is 2.37. The molecular weight excluding hydrogens is 244 g/mol. The Labute approximate surface area is 120 Å². The molecular formula is C19H20O. The minimum atomic E-state index is -0.705. The van der Waals surface area contributed by atoms with E-state index in [2.05, 4.69) is 48.5 Å². The Kier molecular flexibility index (Phi) is 2.71. The predicted octanol–water partition coefficient (Wildman–Crippen LogP) is 3.94. The van der Waals surface area contributed by atoms with Gasteiger partial charge in [0.1, 0.15) is 0 Å². The zero-order valence-corrected chi connectivity index (χ0v) is 11.7. The summed E-state index contributed by atoms with van der Waals surface area (Å²) < 4.78 is 0. The van der Waals surface area contributed by atoms with Gasteiger partial charge in [0.15, 0.2) is 0 Å². The third kappa shape index (κ3) is 1.89. The molecule has 4 rings (SSSR count). The van der Waals surface area contributed by atoms with Crippen LogP contribution in [0.5, 0.6) is 0 Å². The van der Waals surface area contributed by atoms with E-state index in [1.165, 1.54) is 36.0 Å². The van der Waals surface area contributed by atoms with Crippen molar-refractivity contribution in [1.82, 2.24) is 0 Å². The standard InChI is InChI=1S/C19H20O/c20-19(12-16-5-1-2-6-17(16)13-19)18-10-4-9-15(11-18)14-7-3-8-14/h1-2,4-6,9-11,14,20H,3,7-8,12-13H2. The van der Waals surface area contributed by atoms with Crippen molar-refractivity contribution in [2.75, 3.05) is 0 Å². The molecule has 0 radical (unpaired) electrons. The topological polar surface area (TPSA) is 20.2 Å². The predicted molar refractivity (Wildman–Crippen MR) is 80.8 cm³/mol. The largest absolute Gasteiger partial charge is 0.384 e. The first-order valence-electron chi connectivity index (χ1n) is 7.64. The van der Waals surface area contributed by atoms with E-state index < -0.39 is 5.60 Å². The Morgan fingerprint density at radius 2 is 1.60 bits per heavy atom. The van der Waals surface area contributed by atoms with E-state index in [-0.39, 0.29) is 0 Å². The molecule has 0 heterocycles. The normalized spacial score (nSPS) is 20.4. The average Bonchev–Trinajstić information content (AvgIpc) is 2.75. The van der Waals surface area contributed by atoms with Gasteiger partial charge in [-0.15, -0.1) is 0 Å². The van der Waals surface area contributed by atoms with E-state index in [1.807, 2.05) is 0 Å². The first-order chi connectivity index (χ1) is 9.74. The molecule has 0 amide bonds. The van der Waals surface area contributed by atoms with Crippen LogP contribution < -0.4 is 0 Å². The first kappa shape index (κ1) is 12.2. The summed E-state index contributed by atoms with van der Waals surface area (Å²) in [5.41, 5.74) is 4.40. The molecule has 0 aliphatic heterocycles. The molecule has 0 unspecified atom stereocenters. The fourth-order valence-corrected chi connectivity index (χ4v) is 3.62. The average molecular weight is 264 g/mol. The van der Waals surface area contributed by atoms with Crippen LogP contribution in [0.1, 0.15) is 47.4 Å². The molecule has 0 bridgehead atoms. The van der Waals surface area contributed by atoms with Crippen LogP contribution in [-0.2, 0) is 18.4 Å². The van der Waals surface area contributed by atoms with Crippen molar-refractivity contribution in [3.05, 3.63) is 70.8 Å².